The number of nitrogens with zero attached hydrogens (tertiary/aromatic N) is 2. The third-order valence-corrected chi connectivity index (χ3v) is 7.08. The van der Waals surface area contributed by atoms with Gasteiger partial charge in [-0.25, -0.2) is 0 Å². The van der Waals surface area contributed by atoms with Crippen molar-refractivity contribution in [3.8, 4) is 0 Å². The minimum atomic E-state index is -0.388. The van der Waals surface area contributed by atoms with Crippen molar-refractivity contribution >= 4 is 52.0 Å². The summed E-state index contributed by atoms with van der Waals surface area (Å²) >= 11 is 2.71. The lowest BCUT2D eigenvalue weighted by Crippen LogP contribution is -1.95. The number of fused-ring (bicyclic) bond motifs is 2. The normalized spacial score (nSPS) is 14.2. The lowest BCUT2D eigenvalue weighted by molar-refractivity contribution is -0.387. The van der Waals surface area contributed by atoms with Gasteiger partial charge in [0.05, 0.1) is 20.2 Å². The summed E-state index contributed by atoms with van der Waals surface area (Å²) < 4.78 is 0. The predicted octanol–water partition coefficient (Wildman–Crippen LogP) is 6.62. The molecule has 0 spiro atoms. The Kier molecular flexibility index (Phi) is 5.05. The van der Waals surface area contributed by atoms with Crippen LogP contribution in [0, 0.1) is 10.1 Å². The Morgan fingerprint density at radius 1 is 0.968 bits per heavy atom. The number of para-hydroxylation sites is 1. The van der Waals surface area contributed by atoms with Crippen molar-refractivity contribution < 1.29 is 9.72 Å². The maximum absolute atomic E-state index is 12.6. The molecule has 0 saturated heterocycles. The second-order valence-electron chi connectivity index (χ2n) is 6.85. The van der Waals surface area contributed by atoms with Gasteiger partial charge < -0.3 is 0 Å². The average molecular weight is 443 g/mol. The maximum atomic E-state index is 12.6. The van der Waals surface area contributed by atoms with Gasteiger partial charge in [0.15, 0.2) is 0 Å². The topological polar surface area (TPSA) is 73.1 Å². The standard InChI is InChI=1S/C24H14N2O3S2/c27-24-17-7-1-2-8-19(17)30-22(24)14-15-10-11-20(18(13-15)26(28)29)31-21-9-3-5-16-6-4-12-25-23(16)21/h1-14H/b22-14-. The molecule has 7 heteroatoms. The summed E-state index contributed by atoms with van der Waals surface area (Å²) in [5.41, 5.74) is 2.10. The number of allylic oxidation sites excluding steroid dienone is 1. The number of pyridine rings is 1. The summed E-state index contributed by atoms with van der Waals surface area (Å²) in [5.74, 6) is -0.0523. The molecular formula is C24H14N2O3S2. The lowest BCUT2D eigenvalue weighted by atomic mass is 10.1. The number of hydrogen-bond donors (Lipinski definition) is 0. The Morgan fingerprint density at radius 3 is 2.65 bits per heavy atom. The van der Waals surface area contributed by atoms with Crippen LogP contribution < -0.4 is 0 Å². The lowest BCUT2D eigenvalue weighted by Gasteiger charge is -2.07. The summed E-state index contributed by atoms with van der Waals surface area (Å²) in [5, 5.41) is 12.8. The average Bonchev–Trinajstić information content (AvgIpc) is 3.10. The largest absolute Gasteiger partial charge is 0.288 e. The zero-order valence-corrected chi connectivity index (χ0v) is 17.7. The fraction of sp³-hybridized carbons (Fsp3) is 0. The highest BCUT2D eigenvalue weighted by atomic mass is 32.2. The molecule has 0 bridgehead atoms. The molecule has 0 atom stereocenters. The Morgan fingerprint density at radius 2 is 1.81 bits per heavy atom. The molecule has 2 heterocycles. The van der Waals surface area contributed by atoms with Crippen molar-refractivity contribution in [3.63, 3.8) is 0 Å². The molecule has 0 radical (unpaired) electrons. The molecule has 31 heavy (non-hydrogen) atoms. The van der Waals surface area contributed by atoms with E-state index in [4.69, 9.17) is 0 Å². The number of aromatic nitrogens is 1. The first-order chi connectivity index (χ1) is 15.1. The van der Waals surface area contributed by atoms with E-state index in [1.165, 1.54) is 29.6 Å². The van der Waals surface area contributed by atoms with E-state index >= 15 is 0 Å². The molecule has 0 fully saturated rings. The summed E-state index contributed by atoms with van der Waals surface area (Å²) in [6.07, 6.45) is 3.43. The van der Waals surface area contributed by atoms with Gasteiger partial charge in [0, 0.05) is 33.0 Å². The summed E-state index contributed by atoms with van der Waals surface area (Å²) in [4.78, 5) is 31.3. The number of thioether (sulfide) groups is 1. The summed E-state index contributed by atoms with van der Waals surface area (Å²) in [6.45, 7) is 0. The molecule has 0 N–H and O–H groups in total. The van der Waals surface area contributed by atoms with Crippen molar-refractivity contribution in [1.29, 1.82) is 0 Å². The molecule has 1 aromatic heterocycles. The fourth-order valence-corrected chi connectivity index (χ4v) is 5.49. The summed E-state index contributed by atoms with van der Waals surface area (Å²) in [6, 6.07) is 22.1. The minimum Gasteiger partial charge on any atom is -0.288 e. The van der Waals surface area contributed by atoms with Crippen LogP contribution in [-0.2, 0) is 0 Å². The van der Waals surface area contributed by atoms with Gasteiger partial charge in [-0.2, -0.15) is 0 Å². The van der Waals surface area contributed by atoms with Gasteiger partial charge in [-0.15, -0.1) is 0 Å². The smallest absolute Gasteiger partial charge is 0.283 e. The quantitative estimate of drug-likeness (QED) is 0.201. The van der Waals surface area contributed by atoms with E-state index in [1.807, 2.05) is 48.5 Å². The van der Waals surface area contributed by atoms with Gasteiger partial charge in [-0.3, -0.25) is 19.9 Å². The Hall–Kier alpha value is -3.42. The molecule has 0 aliphatic carbocycles. The van der Waals surface area contributed by atoms with Crippen LogP contribution in [0.25, 0.3) is 17.0 Å². The van der Waals surface area contributed by atoms with E-state index in [-0.39, 0.29) is 16.4 Å². The van der Waals surface area contributed by atoms with Crippen LogP contribution >= 0.6 is 23.5 Å². The van der Waals surface area contributed by atoms with Gasteiger partial charge in [0.2, 0.25) is 5.78 Å². The van der Waals surface area contributed by atoms with Crippen LogP contribution in [0.1, 0.15) is 15.9 Å². The molecule has 0 saturated carbocycles. The van der Waals surface area contributed by atoms with Crippen LogP contribution in [0.15, 0.2) is 98.6 Å². The molecule has 1 aliphatic heterocycles. The minimum absolute atomic E-state index is 0.000226. The number of nitro benzene ring substituents is 1. The van der Waals surface area contributed by atoms with E-state index in [2.05, 4.69) is 4.98 Å². The highest BCUT2D eigenvalue weighted by molar-refractivity contribution is 8.04. The zero-order chi connectivity index (χ0) is 21.4. The van der Waals surface area contributed by atoms with Crippen molar-refractivity contribution in [1.82, 2.24) is 4.98 Å². The number of benzene rings is 3. The van der Waals surface area contributed by atoms with E-state index in [1.54, 1.807) is 30.5 Å². The fourth-order valence-electron chi connectivity index (χ4n) is 3.42. The molecule has 0 amide bonds. The van der Waals surface area contributed by atoms with Crippen LogP contribution in [0.3, 0.4) is 0 Å². The van der Waals surface area contributed by atoms with Gasteiger partial charge in [-0.1, -0.05) is 59.9 Å². The van der Waals surface area contributed by atoms with Gasteiger partial charge in [-0.05, 0) is 42.0 Å². The van der Waals surface area contributed by atoms with Crippen LogP contribution in [0.5, 0.6) is 0 Å². The number of ketones is 1. The predicted molar refractivity (Wildman–Crippen MR) is 124 cm³/mol. The SMILES string of the molecule is O=C1/C(=C/c2ccc(Sc3cccc4cccnc34)c([N+](=O)[O-])c2)Sc2ccccc21. The Labute approximate surface area is 186 Å². The first kappa shape index (κ1) is 19.5. The Bertz CT molecular complexity index is 1390. The number of hydrogen-bond acceptors (Lipinski definition) is 6. The third kappa shape index (κ3) is 3.73. The molecule has 1 aliphatic rings. The first-order valence-corrected chi connectivity index (χ1v) is 11.1. The monoisotopic (exact) mass is 442 g/mol. The van der Waals surface area contributed by atoms with E-state index in [0.29, 0.717) is 20.9 Å². The van der Waals surface area contributed by atoms with Crippen molar-refractivity contribution in [2.24, 2.45) is 0 Å². The van der Waals surface area contributed by atoms with Crippen molar-refractivity contribution in [2.45, 2.75) is 14.7 Å². The van der Waals surface area contributed by atoms with Gasteiger partial charge in [0.1, 0.15) is 0 Å². The number of Topliss-reactive ketones (excluding diaryl/α,β-unsaturated/α-hetero) is 1. The highest BCUT2D eigenvalue weighted by Crippen LogP contribution is 2.42. The first-order valence-electron chi connectivity index (χ1n) is 9.43. The number of carbonyl (C=O) groups excluding carboxylic acids is 1. The second kappa shape index (κ2) is 8.02. The van der Waals surface area contributed by atoms with Crippen LogP contribution in [-0.4, -0.2) is 15.7 Å². The van der Waals surface area contributed by atoms with Crippen LogP contribution in [0.2, 0.25) is 0 Å². The Balaban J connectivity index is 1.50. The second-order valence-corrected chi connectivity index (χ2v) is 9.02. The van der Waals surface area contributed by atoms with E-state index in [9.17, 15) is 14.9 Å². The molecule has 4 aromatic rings. The summed E-state index contributed by atoms with van der Waals surface area (Å²) in [7, 11) is 0. The van der Waals surface area contributed by atoms with Gasteiger partial charge in [0.25, 0.3) is 5.69 Å². The number of rotatable bonds is 4. The third-order valence-electron chi connectivity index (χ3n) is 4.87. The van der Waals surface area contributed by atoms with Crippen LogP contribution in [0.4, 0.5) is 5.69 Å². The molecule has 3 aromatic carbocycles. The number of nitro groups is 1. The molecule has 0 unspecified atom stereocenters. The molecular weight excluding hydrogens is 428 g/mol. The van der Waals surface area contributed by atoms with Crippen molar-refractivity contribution in [2.75, 3.05) is 0 Å². The van der Waals surface area contributed by atoms with Gasteiger partial charge >= 0.3 is 0 Å². The van der Waals surface area contributed by atoms with Crippen molar-refractivity contribution in [3.05, 3.63) is 105 Å². The van der Waals surface area contributed by atoms with E-state index in [0.717, 1.165) is 20.7 Å². The highest BCUT2D eigenvalue weighted by Gasteiger charge is 2.25. The van der Waals surface area contributed by atoms with E-state index < -0.39 is 0 Å². The molecule has 5 nitrogen and oxygen atoms in total. The number of carbonyl (C=O) groups is 1. The zero-order valence-electron chi connectivity index (χ0n) is 16.0. The molecule has 5 rings (SSSR count). The molecule has 150 valence electrons. The maximum Gasteiger partial charge on any atom is 0.283 e.